The summed E-state index contributed by atoms with van der Waals surface area (Å²) in [5, 5.41) is 4.41. The largest absolute Gasteiger partial charge is 0.377 e. The van der Waals surface area contributed by atoms with Crippen LogP contribution in [0.3, 0.4) is 0 Å². The molecule has 2 atom stereocenters. The van der Waals surface area contributed by atoms with Crippen molar-refractivity contribution in [2.45, 2.75) is 52.7 Å². The van der Waals surface area contributed by atoms with Gasteiger partial charge in [0.05, 0.1) is 6.10 Å². The predicted octanol–water partition coefficient (Wildman–Crippen LogP) is 3.98. The van der Waals surface area contributed by atoms with Crippen molar-refractivity contribution in [1.82, 2.24) is 5.32 Å². The highest BCUT2D eigenvalue weighted by molar-refractivity contribution is 6.31. The molecular weight excluding hydrogens is 258 g/mol. The van der Waals surface area contributed by atoms with E-state index in [2.05, 4.69) is 38.2 Å². The third kappa shape index (κ3) is 5.52. The Morgan fingerprint density at radius 3 is 2.63 bits per heavy atom. The van der Waals surface area contributed by atoms with E-state index in [1.54, 1.807) is 0 Å². The third-order valence-electron chi connectivity index (χ3n) is 3.30. The summed E-state index contributed by atoms with van der Waals surface area (Å²) in [7, 11) is 0. The molecule has 0 radical (unpaired) electrons. The van der Waals surface area contributed by atoms with E-state index in [9.17, 15) is 0 Å². The lowest BCUT2D eigenvalue weighted by atomic mass is 10.0. The highest BCUT2D eigenvalue weighted by Crippen LogP contribution is 2.20. The molecule has 0 aliphatic rings. The van der Waals surface area contributed by atoms with Gasteiger partial charge in [-0.2, -0.15) is 0 Å². The van der Waals surface area contributed by atoms with Gasteiger partial charge in [0.25, 0.3) is 0 Å². The summed E-state index contributed by atoms with van der Waals surface area (Å²) in [6, 6.07) is 6.57. The zero-order valence-electron chi connectivity index (χ0n) is 12.5. The maximum absolute atomic E-state index is 6.32. The first-order chi connectivity index (χ1) is 9.08. The first-order valence-corrected chi connectivity index (χ1v) is 7.56. The fourth-order valence-electron chi connectivity index (χ4n) is 2.17. The molecule has 0 saturated heterocycles. The van der Waals surface area contributed by atoms with Gasteiger partial charge in [-0.25, -0.2) is 0 Å². The number of hydrogen-bond acceptors (Lipinski definition) is 2. The summed E-state index contributed by atoms with van der Waals surface area (Å²) in [4.78, 5) is 0. The van der Waals surface area contributed by atoms with Crippen LogP contribution in [0.5, 0.6) is 0 Å². The molecule has 108 valence electrons. The minimum atomic E-state index is 0.189. The van der Waals surface area contributed by atoms with Crippen LogP contribution < -0.4 is 5.32 Å². The van der Waals surface area contributed by atoms with Gasteiger partial charge >= 0.3 is 0 Å². The lowest BCUT2D eigenvalue weighted by Crippen LogP contribution is -2.42. The van der Waals surface area contributed by atoms with Gasteiger partial charge in [-0.3, -0.25) is 0 Å². The van der Waals surface area contributed by atoms with Gasteiger partial charge in [-0.1, -0.05) is 30.7 Å². The van der Waals surface area contributed by atoms with Crippen molar-refractivity contribution in [2.75, 3.05) is 13.2 Å². The fraction of sp³-hybridized carbons (Fsp3) is 0.625. The molecule has 2 unspecified atom stereocenters. The third-order valence-corrected chi connectivity index (χ3v) is 3.65. The first-order valence-electron chi connectivity index (χ1n) is 7.18. The number of hydrogen-bond donors (Lipinski definition) is 1. The average molecular weight is 284 g/mol. The second-order valence-electron chi connectivity index (χ2n) is 5.02. The lowest BCUT2D eigenvalue weighted by molar-refractivity contribution is 0.0476. The van der Waals surface area contributed by atoms with Crippen LogP contribution in [-0.4, -0.2) is 25.3 Å². The minimum Gasteiger partial charge on any atom is -0.377 e. The van der Waals surface area contributed by atoms with E-state index in [1.165, 1.54) is 11.1 Å². The summed E-state index contributed by atoms with van der Waals surface area (Å²) < 4.78 is 5.73. The Hall–Kier alpha value is -0.570. The number of ether oxygens (including phenoxy) is 1. The van der Waals surface area contributed by atoms with Crippen LogP contribution in [0.1, 0.15) is 38.3 Å². The van der Waals surface area contributed by atoms with Crippen molar-refractivity contribution in [3.63, 3.8) is 0 Å². The van der Waals surface area contributed by atoms with Crippen LogP contribution in [0.2, 0.25) is 5.02 Å². The molecule has 1 N–H and O–H groups in total. The van der Waals surface area contributed by atoms with Gasteiger partial charge in [0.15, 0.2) is 0 Å². The maximum Gasteiger partial charge on any atom is 0.0703 e. The molecule has 0 spiro atoms. The van der Waals surface area contributed by atoms with Gasteiger partial charge < -0.3 is 10.1 Å². The van der Waals surface area contributed by atoms with Crippen LogP contribution >= 0.6 is 11.6 Å². The molecule has 0 amide bonds. The van der Waals surface area contributed by atoms with Gasteiger partial charge in [-0.15, -0.1) is 0 Å². The summed E-state index contributed by atoms with van der Waals surface area (Å²) >= 11 is 6.32. The Bertz CT molecular complexity index is 381. The maximum atomic E-state index is 6.32. The van der Waals surface area contributed by atoms with E-state index in [0.717, 1.165) is 31.0 Å². The van der Waals surface area contributed by atoms with Crippen molar-refractivity contribution < 1.29 is 4.74 Å². The second-order valence-corrected chi connectivity index (χ2v) is 5.43. The van der Waals surface area contributed by atoms with E-state index < -0.39 is 0 Å². The van der Waals surface area contributed by atoms with E-state index in [0.29, 0.717) is 6.04 Å². The van der Waals surface area contributed by atoms with Crippen molar-refractivity contribution in [3.05, 3.63) is 34.3 Å². The Kier molecular flexibility index (Phi) is 7.44. The van der Waals surface area contributed by atoms with Crippen LogP contribution in [0.15, 0.2) is 18.2 Å². The lowest BCUT2D eigenvalue weighted by Gasteiger charge is -2.25. The molecular formula is C16H26ClNO. The van der Waals surface area contributed by atoms with Crippen molar-refractivity contribution >= 4 is 11.6 Å². The number of nitrogens with one attached hydrogen (secondary N) is 1. The van der Waals surface area contributed by atoms with E-state index in [4.69, 9.17) is 16.3 Å². The molecule has 0 fully saturated rings. The van der Waals surface area contributed by atoms with Gasteiger partial charge in [-0.05, 0) is 57.4 Å². The average Bonchev–Trinajstić information content (AvgIpc) is 2.37. The fourth-order valence-corrected chi connectivity index (χ4v) is 2.48. The number of rotatable bonds is 8. The standard InChI is InChI=1S/C16H26ClNO/c1-5-9-18-16(13(4)19-6-2)11-14-8-7-12(3)10-15(14)17/h7-8,10,13,16,18H,5-6,9,11H2,1-4H3. The Balaban J connectivity index is 2.74. The number of halogens is 1. The zero-order valence-corrected chi connectivity index (χ0v) is 13.3. The molecule has 0 heterocycles. The monoisotopic (exact) mass is 283 g/mol. The van der Waals surface area contributed by atoms with E-state index in [-0.39, 0.29) is 6.10 Å². The Morgan fingerprint density at radius 1 is 1.32 bits per heavy atom. The summed E-state index contributed by atoms with van der Waals surface area (Å²) in [6.45, 7) is 10.1. The predicted molar refractivity (Wildman–Crippen MR) is 83.1 cm³/mol. The van der Waals surface area contributed by atoms with Crippen LogP contribution in [0.4, 0.5) is 0 Å². The van der Waals surface area contributed by atoms with E-state index >= 15 is 0 Å². The van der Waals surface area contributed by atoms with Crippen molar-refractivity contribution in [2.24, 2.45) is 0 Å². The molecule has 1 aromatic rings. The molecule has 2 nitrogen and oxygen atoms in total. The van der Waals surface area contributed by atoms with Crippen LogP contribution in [0, 0.1) is 6.92 Å². The second kappa shape index (κ2) is 8.57. The van der Waals surface area contributed by atoms with Crippen LogP contribution in [0.25, 0.3) is 0 Å². The number of benzene rings is 1. The molecule has 1 aromatic carbocycles. The molecule has 0 bridgehead atoms. The minimum absolute atomic E-state index is 0.189. The number of aryl methyl sites for hydroxylation is 1. The molecule has 0 aliphatic heterocycles. The molecule has 3 heteroatoms. The van der Waals surface area contributed by atoms with Crippen molar-refractivity contribution in [3.8, 4) is 0 Å². The highest BCUT2D eigenvalue weighted by Gasteiger charge is 2.18. The molecule has 19 heavy (non-hydrogen) atoms. The van der Waals surface area contributed by atoms with Gasteiger partial charge in [0, 0.05) is 17.7 Å². The molecule has 0 aliphatic carbocycles. The summed E-state index contributed by atoms with van der Waals surface area (Å²) in [6.07, 6.45) is 2.21. The summed E-state index contributed by atoms with van der Waals surface area (Å²) in [5.41, 5.74) is 2.39. The first kappa shape index (κ1) is 16.5. The molecule has 0 saturated carbocycles. The van der Waals surface area contributed by atoms with Crippen molar-refractivity contribution in [1.29, 1.82) is 0 Å². The zero-order chi connectivity index (χ0) is 14.3. The molecule has 1 rings (SSSR count). The highest BCUT2D eigenvalue weighted by atomic mass is 35.5. The van der Waals surface area contributed by atoms with Gasteiger partial charge in [0.1, 0.15) is 0 Å². The summed E-state index contributed by atoms with van der Waals surface area (Å²) in [5.74, 6) is 0. The van der Waals surface area contributed by atoms with Crippen LogP contribution in [-0.2, 0) is 11.2 Å². The SMILES string of the molecule is CCCNC(Cc1ccc(C)cc1Cl)C(C)OCC. The van der Waals surface area contributed by atoms with Gasteiger partial charge in [0.2, 0.25) is 0 Å². The normalized spacial score (nSPS) is 14.4. The quantitative estimate of drug-likeness (QED) is 0.779. The Labute approximate surface area is 122 Å². The smallest absolute Gasteiger partial charge is 0.0703 e. The Morgan fingerprint density at radius 2 is 2.05 bits per heavy atom. The topological polar surface area (TPSA) is 21.3 Å². The van der Waals surface area contributed by atoms with E-state index in [1.807, 2.05) is 13.0 Å². The molecule has 0 aromatic heterocycles.